The summed E-state index contributed by atoms with van der Waals surface area (Å²) in [7, 11) is -4.15. The third kappa shape index (κ3) is 9.58. The highest BCUT2D eigenvalue weighted by Crippen LogP contribution is 2.27. The molecule has 3 atom stereocenters. The molecule has 2 heterocycles. The number of carbonyl (C=O) groups is 3. The number of nitrogens with one attached hydrogen (secondary N) is 1. The van der Waals surface area contributed by atoms with E-state index in [0.29, 0.717) is 0 Å². The van der Waals surface area contributed by atoms with Gasteiger partial charge in [-0.3, -0.25) is 14.5 Å². The molecular weight excluding hydrogens is 738 g/mol. The molecule has 4 amide bonds. The standard InChI is InChI=1S/C37H44ClN7O6S2/c1-23(2)18-43(53(50,51)28-14-15-29(38)30(39)17-28)20-33(46)31(16-25-8-6-5-7-9-25)40-36(48)35(24(3)4)45-21-34(47)44(37(45)49)19-26-10-12-27(13-11-26)32-22-52-42-41-32/h5-15,17,22-24,31,33,35,46H,16,18-21,39H2,1-4H3,(H,40,48)/t31-,33-,35-/m0/s1. The quantitative estimate of drug-likeness (QED) is 0.108. The maximum Gasteiger partial charge on any atom is 0.328 e. The molecule has 0 aliphatic carbocycles. The highest BCUT2D eigenvalue weighted by molar-refractivity contribution is 7.89. The first-order valence-electron chi connectivity index (χ1n) is 17.2. The van der Waals surface area contributed by atoms with Gasteiger partial charge in [-0.25, -0.2) is 13.2 Å². The number of rotatable bonds is 16. The molecule has 16 heteroatoms. The van der Waals surface area contributed by atoms with Crippen LogP contribution in [0.2, 0.25) is 5.02 Å². The van der Waals surface area contributed by atoms with Crippen LogP contribution < -0.4 is 11.1 Å². The van der Waals surface area contributed by atoms with Crippen LogP contribution >= 0.6 is 23.1 Å². The van der Waals surface area contributed by atoms with Gasteiger partial charge in [0.15, 0.2) is 0 Å². The van der Waals surface area contributed by atoms with Gasteiger partial charge >= 0.3 is 6.03 Å². The van der Waals surface area contributed by atoms with Gasteiger partial charge in [-0.1, -0.05) is 98.4 Å². The van der Waals surface area contributed by atoms with E-state index in [1.807, 2.05) is 73.8 Å². The number of urea groups is 1. The Labute approximate surface area is 319 Å². The lowest BCUT2D eigenvalue weighted by molar-refractivity contribution is -0.129. The summed E-state index contributed by atoms with van der Waals surface area (Å²) in [5.41, 5.74) is 9.12. The van der Waals surface area contributed by atoms with Gasteiger partial charge in [-0.05, 0) is 59.1 Å². The average Bonchev–Trinajstić information content (AvgIpc) is 3.74. The second-order valence-electron chi connectivity index (χ2n) is 13.8. The van der Waals surface area contributed by atoms with Crippen molar-refractivity contribution in [2.75, 3.05) is 25.4 Å². The fourth-order valence-electron chi connectivity index (χ4n) is 6.26. The number of nitrogens with zero attached hydrogens (tertiary/aromatic N) is 5. The van der Waals surface area contributed by atoms with E-state index < -0.39 is 52.0 Å². The van der Waals surface area contributed by atoms with Gasteiger partial charge < -0.3 is 21.1 Å². The lowest BCUT2D eigenvalue weighted by Gasteiger charge is -2.34. The Hall–Kier alpha value is -4.41. The predicted molar refractivity (Wildman–Crippen MR) is 204 cm³/mol. The number of aliphatic hydroxyl groups is 1. The van der Waals surface area contributed by atoms with Crippen LogP contribution in [0.3, 0.4) is 0 Å². The van der Waals surface area contributed by atoms with Crippen molar-refractivity contribution in [3.63, 3.8) is 0 Å². The first-order valence-corrected chi connectivity index (χ1v) is 19.9. The molecule has 282 valence electrons. The van der Waals surface area contributed by atoms with Crippen LogP contribution in [0.4, 0.5) is 10.5 Å². The van der Waals surface area contributed by atoms with Crippen molar-refractivity contribution in [1.82, 2.24) is 29.0 Å². The lowest BCUT2D eigenvalue weighted by Crippen LogP contribution is -2.57. The highest BCUT2D eigenvalue weighted by Gasteiger charge is 2.44. The SMILES string of the molecule is CC(C)CN(C[C@H](O)[C@H](Cc1ccccc1)NC(=O)[C@H](C(C)C)N1CC(=O)N(Cc2ccc(-c3csnn3)cc2)C1=O)S(=O)(=O)c1ccc(Cl)c(N)c1. The number of halogens is 1. The number of carbonyl (C=O) groups excluding carboxylic acids is 3. The number of anilines is 1. The van der Waals surface area contributed by atoms with Crippen LogP contribution in [0, 0.1) is 11.8 Å². The maximum atomic E-state index is 14.2. The minimum Gasteiger partial charge on any atom is -0.397 e. The van der Waals surface area contributed by atoms with E-state index in [0.717, 1.165) is 27.3 Å². The summed E-state index contributed by atoms with van der Waals surface area (Å²) < 4.78 is 32.8. The van der Waals surface area contributed by atoms with Crippen molar-refractivity contribution in [3.05, 3.63) is 94.3 Å². The van der Waals surface area contributed by atoms with E-state index in [-0.39, 0.29) is 54.1 Å². The maximum absolute atomic E-state index is 14.2. The van der Waals surface area contributed by atoms with Crippen LogP contribution in [-0.2, 0) is 32.6 Å². The number of benzene rings is 3. The number of nitrogen functional groups attached to an aromatic ring is 1. The number of hydrogen-bond acceptors (Lipinski definition) is 10. The van der Waals surface area contributed by atoms with E-state index in [2.05, 4.69) is 14.9 Å². The van der Waals surface area contributed by atoms with Crippen molar-refractivity contribution >= 4 is 56.7 Å². The number of imide groups is 1. The van der Waals surface area contributed by atoms with E-state index in [1.165, 1.54) is 38.9 Å². The molecule has 4 N–H and O–H groups in total. The normalized spacial score (nSPS) is 15.4. The Morgan fingerprint density at radius 3 is 2.32 bits per heavy atom. The fraction of sp³-hybridized carbons (Fsp3) is 0.378. The van der Waals surface area contributed by atoms with Gasteiger partial charge in [0.25, 0.3) is 5.91 Å². The molecule has 3 aromatic carbocycles. The number of aromatic nitrogens is 2. The van der Waals surface area contributed by atoms with Gasteiger partial charge in [0.1, 0.15) is 18.3 Å². The smallest absolute Gasteiger partial charge is 0.328 e. The van der Waals surface area contributed by atoms with Gasteiger partial charge in [0.2, 0.25) is 15.9 Å². The van der Waals surface area contributed by atoms with Gasteiger partial charge in [-0.2, -0.15) is 4.31 Å². The fourth-order valence-corrected chi connectivity index (χ4v) is 8.50. The van der Waals surface area contributed by atoms with Crippen LogP contribution in [0.1, 0.15) is 38.8 Å². The van der Waals surface area contributed by atoms with Crippen molar-refractivity contribution in [3.8, 4) is 11.3 Å². The highest BCUT2D eigenvalue weighted by atomic mass is 35.5. The zero-order valence-corrected chi connectivity index (χ0v) is 32.3. The Kier molecular flexibility index (Phi) is 12.9. The van der Waals surface area contributed by atoms with Crippen LogP contribution in [-0.4, -0.2) is 92.9 Å². The molecule has 0 bridgehead atoms. The number of hydrogen-bond donors (Lipinski definition) is 3. The topological polar surface area (TPSA) is 179 Å². The molecule has 1 fully saturated rings. The molecule has 1 aliphatic heterocycles. The zero-order valence-electron chi connectivity index (χ0n) is 29.9. The minimum atomic E-state index is -4.15. The summed E-state index contributed by atoms with van der Waals surface area (Å²) in [6.45, 7) is 6.71. The second kappa shape index (κ2) is 17.2. The van der Waals surface area contributed by atoms with Crippen molar-refractivity contribution < 1.29 is 27.9 Å². The van der Waals surface area contributed by atoms with Crippen molar-refractivity contribution in [2.24, 2.45) is 11.8 Å². The summed E-state index contributed by atoms with van der Waals surface area (Å²) in [5, 5.41) is 20.8. The Balaban J connectivity index is 1.36. The number of sulfonamides is 1. The minimum absolute atomic E-state index is 0.0188. The predicted octanol–water partition coefficient (Wildman–Crippen LogP) is 4.66. The zero-order chi connectivity index (χ0) is 38.4. The molecule has 5 rings (SSSR count). The molecule has 0 radical (unpaired) electrons. The van der Waals surface area contributed by atoms with E-state index in [1.54, 1.807) is 13.8 Å². The third-order valence-electron chi connectivity index (χ3n) is 8.92. The van der Waals surface area contributed by atoms with Gasteiger partial charge in [0, 0.05) is 24.0 Å². The van der Waals surface area contributed by atoms with Crippen molar-refractivity contribution in [2.45, 2.75) is 63.7 Å². The molecule has 1 aromatic heterocycles. The van der Waals surface area contributed by atoms with Gasteiger partial charge in [-0.15, -0.1) is 5.10 Å². The summed E-state index contributed by atoms with van der Waals surface area (Å²) in [6, 6.07) is 17.9. The molecule has 4 aromatic rings. The molecule has 0 spiro atoms. The van der Waals surface area contributed by atoms with Gasteiger partial charge in [0.05, 0.1) is 34.3 Å². The molecule has 1 saturated heterocycles. The molecule has 0 saturated carbocycles. The Morgan fingerprint density at radius 1 is 1.02 bits per heavy atom. The summed E-state index contributed by atoms with van der Waals surface area (Å²) in [5.74, 6) is -1.54. The number of aliphatic hydroxyl groups excluding tert-OH is 1. The first kappa shape index (κ1) is 39.8. The molecule has 1 aliphatic rings. The number of amides is 4. The molecule has 53 heavy (non-hydrogen) atoms. The van der Waals surface area contributed by atoms with E-state index >= 15 is 0 Å². The summed E-state index contributed by atoms with van der Waals surface area (Å²) >= 11 is 7.30. The summed E-state index contributed by atoms with van der Waals surface area (Å²) in [4.78, 5) is 43.5. The second-order valence-corrected chi connectivity index (χ2v) is 16.8. The molecule has 13 nitrogen and oxygen atoms in total. The van der Waals surface area contributed by atoms with Crippen LogP contribution in [0.15, 0.2) is 83.1 Å². The van der Waals surface area contributed by atoms with Crippen LogP contribution in [0.5, 0.6) is 0 Å². The van der Waals surface area contributed by atoms with E-state index in [4.69, 9.17) is 17.3 Å². The molecule has 0 unspecified atom stereocenters. The van der Waals surface area contributed by atoms with E-state index in [9.17, 15) is 27.9 Å². The van der Waals surface area contributed by atoms with Crippen molar-refractivity contribution in [1.29, 1.82) is 0 Å². The Bertz CT molecular complexity index is 2000. The molecular formula is C37H44ClN7O6S2. The summed E-state index contributed by atoms with van der Waals surface area (Å²) in [6.07, 6.45) is -1.21. The average molecular weight is 782 g/mol. The largest absolute Gasteiger partial charge is 0.397 e. The lowest BCUT2D eigenvalue weighted by atomic mass is 9.97. The first-order chi connectivity index (χ1) is 25.1. The number of nitrogens with two attached hydrogens (primary N) is 1. The monoisotopic (exact) mass is 781 g/mol. The third-order valence-corrected chi connectivity index (χ3v) is 11.6. The van der Waals surface area contributed by atoms with Crippen LogP contribution in [0.25, 0.3) is 11.3 Å². The Morgan fingerprint density at radius 2 is 1.72 bits per heavy atom.